The molecule has 2 heterocycles. The summed E-state index contributed by atoms with van der Waals surface area (Å²) in [6.07, 6.45) is 0. The molecular weight excluding hydrogens is 376 g/mol. The van der Waals surface area contributed by atoms with Crippen LogP contribution in [0.2, 0.25) is 0 Å². The van der Waals surface area contributed by atoms with Gasteiger partial charge in [0, 0.05) is 10.9 Å². The van der Waals surface area contributed by atoms with Gasteiger partial charge in [0.05, 0.1) is 18.5 Å². The van der Waals surface area contributed by atoms with Crippen LogP contribution in [0.15, 0.2) is 29.6 Å². The van der Waals surface area contributed by atoms with Crippen LogP contribution in [-0.2, 0) is 9.53 Å². The molecular formula is C16H14N4O4S2. The minimum atomic E-state index is -0.620. The van der Waals surface area contributed by atoms with E-state index in [-0.39, 0.29) is 4.88 Å². The van der Waals surface area contributed by atoms with E-state index in [0.717, 1.165) is 28.5 Å². The fourth-order valence-corrected chi connectivity index (χ4v) is 3.28. The van der Waals surface area contributed by atoms with Gasteiger partial charge in [0.2, 0.25) is 0 Å². The van der Waals surface area contributed by atoms with Gasteiger partial charge in [-0.15, -0.1) is 16.4 Å². The second kappa shape index (κ2) is 8.02. The van der Waals surface area contributed by atoms with Crippen molar-refractivity contribution in [1.82, 2.24) is 14.6 Å². The first kappa shape index (κ1) is 18.0. The van der Waals surface area contributed by atoms with E-state index < -0.39 is 18.5 Å². The zero-order valence-electron chi connectivity index (χ0n) is 13.9. The number of hydrogen-bond donors (Lipinski definition) is 1. The van der Waals surface area contributed by atoms with Gasteiger partial charge in [-0.2, -0.15) is 0 Å². The normalized spacial score (nSPS) is 10.4. The van der Waals surface area contributed by atoms with Crippen molar-refractivity contribution in [1.29, 1.82) is 0 Å². The lowest BCUT2D eigenvalue weighted by Crippen LogP contribution is -2.20. The Morgan fingerprint density at radius 1 is 1.23 bits per heavy atom. The largest absolute Gasteiger partial charge is 0.497 e. The third kappa shape index (κ3) is 4.21. The summed E-state index contributed by atoms with van der Waals surface area (Å²) in [6, 6.07) is 7.44. The molecule has 1 aromatic carbocycles. The lowest BCUT2D eigenvalue weighted by molar-refractivity contribution is -0.119. The molecule has 0 unspecified atom stereocenters. The summed E-state index contributed by atoms with van der Waals surface area (Å²) in [7, 11) is 1.60. The molecule has 0 spiro atoms. The SMILES string of the molecule is COc1ccc(-c2csc(NC(=O)COC(=O)c3snnc3C)n2)cc1. The van der Waals surface area contributed by atoms with Crippen LogP contribution in [0.4, 0.5) is 5.13 Å². The van der Waals surface area contributed by atoms with Gasteiger partial charge in [0.1, 0.15) is 5.75 Å². The topological polar surface area (TPSA) is 103 Å². The molecule has 10 heteroatoms. The summed E-state index contributed by atoms with van der Waals surface area (Å²) < 4.78 is 13.7. The monoisotopic (exact) mass is 390 g/mol. The molecule has 2 aromatic heterocycles. The molecule has 0 fully saturated rings. The Morgan fingerprint density at radius 2 is 2.00 bits per heavy atom. The van der Waals surface area contributed by atoms with Crippen LogP contribution in [0.5, 0.6) is 5.75 Å². The molecule has 0 aliphatic heterocycles. The number of methoxy groups -OCH3 is 1. The minimum absolute atomic E-state index is 0.286. The smallest absolute Gasteiger partial charge is 0.352 e. The van der Waals surface area contributed by atoms with Crippen LogP contribution in [0.1, 0.15) is 15.4 Å². The molecule has 0 radical (unpaired) electrons. The molecule has 0 atom stereocenters. The van der Waals surface area contributed by atoms with Crippen LogP contribution in [0.3, 0.4) is 0 Å². The van der Waals surface area contributed by atoms with E-state index in [2.05, 4.69) is 19.9 Å². The summed E-state index contributed by atoms with van der Waals surface area (Å²) in [4.78, 5) is 28.4. The minimum Gasteiger partial charge on any atom is -0.497 e. The van der Waals surface area contributed by atoms with Crippen molar-refractivity contribution >= 4 is 39.9 Å². The number of aryl methyl sites for hydroxylation is 1. The van der Waals surface area contributed by atoms with Crippen molar-refractivity contribution in [3.05, 3.63) is 40.2 Å². The van der Waals surface area contributed by atoms with Crippen molar-refractivity contribution in [2.24, 2.45) is 0 Å². The second-order valence-corrected chi connectivity index (χ2v) is 6.69. The first-order valence-corrected chi connectivity index (χ1v) is 9.08. The van der Waals surface area contributed by atoms with E-state index in [1.807, 2.05) is 29.6 Å². The number of rotatable bonds is 6. The summed E-state index contributed by atoms with van der Waals surface area (Å²) >= 11 is 2.21. The van der Waals surface area contributed by atoms with Crippen LogP contribution < -0.4 is 10.1 Å². The summed E-state index contributed by atoms with van der Waals surface area (Å²) in [5.41, 5.74) is 2.11. The zero-order valence-corrected chi connectivity index (χ0v) is 15.5. The first-order chi connectivity index (χ1) is 12.6. The van der Waals surface area contributed by atoms with Gasteiger partial charge in [-0.05, 0) is 42.7 Å². The average Bonchev–Trinajstić information content (AvgIpc) is 3.29. The van der Waals surface area contributed by atoms with Crippen molar-refractivity contribution in [2.45, 2.75) is 6.92 Å². The number of nitrogens with one attached hydrogen (secondary N) is 1. The number of esters is 1. The van der Waals surface area contributed by atoms with E-state index in [1.165, 1.54) is 11.3 Å². The molecule has 0 aliphatic carbocycles. The van der Waals surface area contributed by atoms with Gasteiger partial charge in [0.15, 0.2) is 16.6 Å². The van der Waals surface area contributed by atoms with Crippen molar-refractivity contribution in [3.8, 4) is 17.0 Å². The van der Waals surface area contributed by atoms with Crippen molar-refractivity contribution < 1.29 is 19.1 Å². The molecule has 0 saturated heterocycles. The fraction of sp³-hybridized carbons (Fsp3) is 0.188. The predicted octanol–water partition coefficient (Wildman–Crippen LogP) is 2.77. The molecule has 134 valence electrons. The first-order valence-electron chi connectivity index (χ1n) is 7.42. The molecule has 3 aromatic rings. The van der Waals surface area contributed by atoms with Gasteiger partial charge in [0.25, 0.3) is 5.91 Å². The maximum absolute atomic E-state index is 11.9. The fourth-order valence-electron chi connectivity index (χ4n) is 2.00. The number of hydrogen-bond acceptors (Lipinski definition) is 9. The summed E-state index contributed by atoms with van der Waals surface area (Å²) in [5, 5.41) is 8.59. The molecule has 8 nitrogen and oxygen atoms in total. The Labute approximate surface area is 157 Å². The number of thiazole rings is 1. The highest BCUT2D eigenvalue weighted by molar-refractivity contribution is 7.14. The Kier molecular flexibility index (Phi) is 5.54. The number of aromatic nitrogens is 3. The van der Waals surface area contributed by atoms with Gasteiger partial charge < -0.3 is 9.47 Å². The van der Waals surface area contributed by atoms with E-state index in [0.29, 0.717) is 10.8 Å². The van der Waals surface area contributed by atoms with E-state index in [1.54, 1.807) is 14.0 Å². The second-order valence-electron chi connectivity index (χ2n) is 5.08. The highest BCUT2D eigenvalue weighted by Crippen LogP contribution is 2.26. The van der Waals surface area contributed by atoms with Crippen LogP contribution in [0, 0.1) is 6.92 Å². The molecule has 0 bridgehead atoms. The number of anilines is 1. The van der Waals surface area contributed by atoms with Crippen LogP contribution in [0.25, 0.3) is 11.3 Å². The van der Waals surface area contributed by atoms with Gasteiger partial charge >= 0.3 is 5.97 Å². The standard InChI is InChI=1S/C16H14N4O4S2/c1-9-14(26-20-19-9)15(22)24-7-13(21)18-16-17-12(8-25-16)10-3-5-11(23-2)6-4-10/h3-6,8H,7H2,1-2H3,(H,17,18,21). The Hall–Kier alpha value is -2.85. The Balaban J connectivity index is 1.55. The molecule has 3 rings (SSSR count). The molecule has 1 amide bonds. The quantitative estimate of drug-likeness (QED) is 0.646. The number of nitrogens with zero attached hydrogens (tertiary/aromatic N) is 3. The third-order valence-electron chi connectivity index (χ3n) is 3.31. The maximum Gasteiger partial charge on any atom is 0.352 e. The number of carbonyl (C=O) groups excluding carboxylic acids is 2. The highest BCUT2D eigenvalue weighted by Gasteiger charge is 2.16. The predicted molar refractivity (Wildman–Crippen MR) is 97.7 cm³/mol. The third-order valence-corrected chi connectivity index (χ3v) is 4.87. The molecule has 26 heavy (non-hydrogen) atoms. The summed E-state index contributed by atoms with van der Waals surface area (Å²) in [5.74, 6) is -0.333. The van der Waals surface area contributed by atoms with Crippen LogP contribution >= 0.6 is 22.9 Å². The number of benzene rings is 1. The zero-order chi connectivity index (χ0) is 18.5. The van der Waals surface area contributed by atoms with E-state index >= 15 is 0 Å². The molecule has 0 aliphatic rings. The molecule has 0 saturated carbocycles. The average molecular weight is 390 g/mol. The number of carbonyl (C=O) groups is 2. The van der Waals surface area contributed by atoms with E-state index in [4.69, 9.17) is 9.47 Å². The Morgan fingerprint density at radius 3 is 2.65 bits per heavy atom. The van der Waals surface area contributed by atoms with Gasteiger partial charge in [-0.1, -0.05) is 4.49 Å². The van der Waals surface area contributed by atoms with Crippen molar-refractivity contribution in [2.75, 3.05) is 19.0 Å². The highest BCUT2D eigenvalue weighted by atomic mass is 32.1. The maximum atomic E-state index is 11.9. The van der Waals surface area contributed by atoms with Gasteiger partial charge in [-0.3, -0.25) is 10.1 Å². The van der Waals surface area contributed by atoms with Gasteiger partial charge in [-0.25, -0.2) is 9.78 Å². The summed E-state index contributed by atoms with van der Waals surface area (Å²) in [6.45, 7) is 1.24. The number of ether oxygens (including phenoxy) is 2. The number of amides is 1. The van der Waals surface area contributed by atoms with Crippen LogP contribution in [-0.4, -0.2) is 40.2 Å². The van der Waals surface area contributed by atoms with Crippen molar-refractivity contribution in [3.63, 3.8) is 0 Å². The lowest BCUT2D eigenvalue weighted by atomic mass is 10.2. The van der Waals surface area contributed by atoms with E-state index in [9.17, 15) is 9.59 Å². The Bertz CT molecular complexity index is 920. The molecule has 1 N–H and O–H groups in total. The lowest BCUT2D eigenvalue weighted by Gasteiger charge is -2.03.